The highest BCUT2D eigenvalue weighted by molar-refractivity contribution is 5.41. The maximum absolute atomic E-state index is 14.5. The summed E-state index contributed by atoms with van der Waals surface area (Å²) in [6.07, 6.45) is 1.92. The molecule has 1 saturated heterocycles. The Morgan fingerprint density at radius 1 is 1.00 bits per heavy atom. The molecular formula is C22H23FN2O2. The number of ether oxygens (including phenoxy) is 2. The monoisotopic (exact) mass is 366 g/mol. The Labute approximate surface area is 158 Å². The first kappa shape index (κ1) is 17.8. The van der Waals surface area contributed by atoms with E-state index in [1.54, 1.807) is 19.2 Å². The summed E-state index contributed by atoms with van der Waals surface area (Å²) in [6.45, 7) is 3.04. The molecule has 0 bridgehead atoms. The molecule has 1 atom stereocenters. The number of aromatic nitrogens is 1. The van der Waals surface area contributed by atoms with Crippen molar-refractivity contribution in [2.75, 3.05) is 33.4 Å². The van der Waals surface area contributed by atoms with Crippen LogP contribution in [0.25, 0.3) is 5.69 Å². The maximum Gasteiger partial charge on any atom is 0.147 e. The molecule has 5 heteroatoms. The van der Waals surface area contributed by atoms with Crippen molar-refractivity contribution in [2.45, 2.75) is 6.04 Å². The number of halogens is 1. The summed E-state index contributed by atoms with van der Waals surface area (Å²) in [6, 6.07) is 19.0. The number of hydrogen-bond donors (Lipinski definition) is 0. The van der Waals surface area contributed by atoms with E-state index in [0.717, 1.165) is 30.1 Å². The Balaban J connectivity index is 1.82. The van der Waals surface area contributed by atoms with Crippen LogP contribution in [-0.4, -0.2) is 42.9 Å². The highest BCUT2D eigenvalue weighted by Gasteiger charge is 2.27. The molecule has 1 fully saturated rings. The minimum Gasteiger partial charge on any atom is -0.497 e. The second-order valence-electron chi connectivity index (χ2n) is 6.58. The molecule has 1 aliphatic rings. The maximum atomic E-state index is 14.5. The fraction of sp³-hybridized carbons (Fsp3) is 0.273. The summed E-state index contributed by atoms with van der Waals surface area (Å²) in [5, 5.41) is 0. The minimum atomic E-state index is -0.235. The number of para-hydroxylation sites is 1. The predicted molar refractivity (Wildman–Crippen MR) is 103 cm³/mol. The van der Waals surface area contributed by atoms with E-state index < -0.39 is 0 Å². The SMILES string of the molecule is COc1cccc(C(c2cccn2-c2ccccc2F)N2CCOCC2)c1. The summed E-state index contributed by atoms with van der Waals surface area (Å²) in [7, 11) is 1.67. The zero-order chi connectivity index (χ0) is 18.6. The van der Waals surface area contributed by atoms with Crippen LogP contribution >= 0.6 is 0 Å². The van der Waals surface area contributed by atoms with Gasteiger partial charge in [0.25, 0.3) is 0 Å². The Morgan fingerprint density at radius 3 is 2.59 bits per heavy atom. The molecule has 0 aliphatic carbocycles. The third kappa shape index (κ3) is 3.61. The van der Waals surface area contributed by atoms with Gasteiger partial charge in [-0.3, -0.25) is 4.90 Å². The molecule has 0 N–H and O–H groups in total. The second kappa shape index (κ2) is 7.94. The average molecular weight is 366 g/mol. The molecule has 3 aromatic rings. The average Bonchev–Trinajstić information content (AvgIpc) is 3.18. The van der Waals surface area contributed by atoms with Crippen molar-refractivity contribution in [1.82, 2.24) is 9.47 Å². The zero-order valence-electron chi connectivity index (χ0n) is 15.3. The van der Waals surface area contributed by atoms with Crippen LogP contribution in [-0.2, 0) is 4.74 Å². The van der Waals surface area contributed by atoms with Gasteiger partial charge in [0.05, 0.1) is 32.1 Å². The molecule has 1 aliphatic heterocycles. The van der Waals surface area contributed by atoms with E-state index in [1.165, 1.54) is 6.07 Å². The van der Waals surface area contributed by atoms with E-state index in [-0.39, 0.29) is 11.9 Å². The van der Waals surface area contributed by atoms with Gasteiger partial charge in [-0.2, -0.15) is 0 Å². The number of morpholine rings is 1. The van der Waals surface area contributed by atoms with Crippen molar-refractivity contribution < 1.29 is 13.9 Å². The third-order valence-corrected chi connectivity index (χ3v) is 4.99. The van der Waals surface area contributed by atoms with Crippen LogP contribution < -0.4 is 4.74 Å². The summed E-state index contributed by atoms with van der Waals surface area (Å²) in [4.78, 5) is 2.38. The van der Waals surface area contributed by atoms with E-state index in [4.69, 9.17) is 9.47 Å². The fourth-order valence-corrected chi connectivity index (χ4v) is 3.70. The zero-order valence-corrected chi connectivity index (χ0v) is 15.3. The van der Waals surface area contributed by atoms with Gasteiger partial charge in [0, 0.05) is 25.0 Å². The number of nitrogens with zero attached hydrogens (tertiary/aromatic N) is 2. The largest absolute Gasteiger partial charge is 0.497 e. The molecule has 1 aromatic heterocycles. The summed E-state index contributed by atoms with van der Waals surface area (Å²) < 4.78 is 27.4. The highest BCUT2D eigenvalue weighted by atomic mass is 19.1. The summed E-state index contributed by atoms with van der Waals surface area (Å²) in [5.74, 6) is 0.580. The van der Waals surface area contributed by atoms with E-state index >= 15 is 0 Å². The Bertz CT molecular complexity index is 903. The molecule has 0 spiro atoms. The molecular weight excluding hydrogens is 343 g/mol. The van der Waals surface area contributed by atoms with Gasteiger partial charge in [-0.05, 0) is 42.0 Å². The Hall–Kier alpha value is -2.63. The van der Waals surface area contributed by atoms with Crippen molar-refractivity contribution in [3.05, 3.63) is 83.9 Å². The number of benzene rings is 2. The standard InChI is InChI=1S/C22H23FN2O2/c1-26-18-7-4-6-17(16-18)22(24-12-14-27-15-13-24)21-10-5-11-25(21)20-9-3-2-8-19(20)23/h2-11,16,22H,12-15H2,1H3. The number of methoxy groups -OCH3 is 1. The first-order valence-electron chi connectivity index (χ1n) is 9.16. The molecule has 2 aromatic carbocycles. The lowest BCUT2D eigenvalue weighted by Gasteiger charge is -2.35. The van der Waals surface area contributed by atoms with Gasteiger partial charge < -0.3 is 14.0 Å². The van der Waals surface area contributed by atoms with Crippen LogP contribution in [0.15, 0.2) is 66.9 Å². The van der Waals surface area contributed by atoms with Gasteiger partial charge in [-0.1, -0.05) is 24.3 Å². The number of rotatable bonds is 5. The quantitative estimate of drug-likeness (QED) is 0.682. The van der Waals surface area contributed by atoms with Crippen LogP contribution in [0.4, 0.5) is 4.39 Å². The molecule has 4 nitrogen and oxygen atoms in total. The van der Waals surface area contributed by atoms with Crippen LogP contribution in [0.2, 0.25) is 0 Å². The van der Waals surface area contributed by atoms with Gasteiger partial charge >= 0.3 is 0 Å². The lowest BCUT2D eigenvalue weighted by Crippen LogP contribution is -2.40. The summed E-state index contributed by atoms with van der Waals surface area (Å²) in [5.41, 5.74) is 2.70. The molecule has 1 unspecified atom stereocenters. The third-order valence-electron chi connectivity index (χ3n) is 4.99. The normalized spacial score (nSPS) is 16.2. The Morgan fingerprint density at radius 2 is 1.81 bits per heavy atom. The van der Waals surface area contributed by atoms with Gasteiger partial charge in [0.2, 0.25) is 0 Å². The molecule has 140 valence electrons. The van der Waals surface area contributed by atoms with E-state index in [9.17, 15) is 4.39 Å². The van der Waals surface area contributed by atoms with Crippen molar-refractivity contribution in [3.8, 4) is 11.4 Å². The lowest BCUT2D eigenvalue weighted by atomic mass is 10.0. The van der Waals surface area contributed by atoms with Gasteiger partial charge in [0.1, 0.15) is 11.6 Å². The van der Waals surface area contributed by atoms with Crippen LogP contribution in [0.3, 0.4) is 0 Å². The minimum absolute atomic E-state index is 0.0152. The first-order chi connectivity index (χ1) is 13.3. The van der Waals surface area contributed by atoms with Gasteiger partial charge in [-0.15, -0.1) is 0 Å². The highest BCUT2D eigenvalue weighted by Crippen LogP contribution is 2.33. The van der Waals surface area contributed by atoms with Crippen LogP contribution in [0.1, 0.15) is 17.3 Å². The van der Waals surface area contributed by atoms with Crippen LogP contribution in [0, 0.1) is 5.82 Å². The second-order valence-corrected chi connectivity index (χ2v) is 6.58. The predicted octanol–water partition coefficient (Wildman–Crippen LogP) is 4.05. The van der Waals surface area contributed by atoms with Crippen LogP contribution in [0.5, 0.6) is 5.75 Å². The first-order valence-corrected chi connectivity index (χ1v) is 9.16. The van der Waals surface area contributed by atoms with Crippen molar-refractivity contribution >= 4 is 0 Å². The van der Waals surface area contributed by atoms with E-state index in [0.29, 0.717) is 18.9 Å². The fourth-order valence-electron chi connectivity index (χ4n) is 3.70. The number of hydrogen-bond acceptors (Lipinski definition) is 3. The molecule has 4 rings (SSSR count). The van der Waals surface area contributed by atoms with Gasteiger partial charge in [-0.25, -0.2) is 4.39 Å². The summed E-state index contributed by atoms with van der Waals surface area (Å²) >= 11 is 0. The van der Waals surface area contributed by atoms with Gasteiger partial charge in [0.15, 0.2) is 0 Å². The van der Waals surface area contributed by atoms with E-state index in [2.05, 4.69) is 23.1 Å². The molecule has 0 saturated carbocycles. The smallest absolute Gasteiger partial charge is 0.147 e. The van der Waals surface area contributed by atoms with Crippen molar-refractivity contribution in [1.29, 1.82) is 0 Å². The molecule has 27 heavy (non-hydrogen) atoms. The Kier molecular flexibility index (Phi) is 5.23. The molecule has 0 amide bonds. The lowest BCUT2D eigenvalue weighted by molar-refractivity contribution is 0.0229. The van der Waals surface area contributed by atoms with Crippen molar-refractivity contribution in [3.63, 3.8) is 0 Å². The molecule has 2 heterocycles. The topological polar surface area (TPSA) is 26.6 Å². The van der Waals surface area contributed by atoms with E-state index in [1.807, 2.05) is 35.0 Å². The molecule has 0 radical (unpaired) electrons. The van der Waals surface area contributed by atoms with Crippen molar-refractivity contribution in [2.24, 2.45) is 0 Å².